The number of hydrogen-bond acceptors (Lipinski definition) is 2. The van der Waals surface area contributed by atoms with Gasteiger partial charge in [0.1, 0.15) is 5.82 Å². The summed E-state index contributed by atoms with van der Waals surface area (Å²) in [6.45, 7) is 0. The highest BCUT2D eigenvalue weighted by Crippen LogP contribution is 2.44. The van der Waals surface area contributed by atoms with Crippen LogP contribution in [0.5, 0.6) is 0 Å². The van der Waals surface area contributed by atoms with Crippen LogP contribution in [0, 0.1) is 5.82 Å². The molecule has 1 aromatic heterocycles. The first-order valence-corrected chi connectivity index (χ1v) is 8.18. The van der Waals surface area contributed by atoms with E-state index in [1.54, 1.807) is 12.3 Å². The maximum absolute atomic E-state index is 13.7. The summed E-state index contributed by atoms with van der Waals surface area (Å²) in [5, 5.41) is 10.2. The molecule has 0 bridgehead atoms. The predicted octanol–water partition coefficient (Wildman–Crippen LogP) is 4.88. The molecule has 0 fully saturated rings. The molecule has 124 valence electrons. The number of benzene rings is 2. The van der Waals surface area contributed by atoms with Crippen LogP contribution in [0.3, 0.4) is 0 Å². The summed E-state index contributed by atoms with van der Waals surface area (Å²) < 4.78 is 13.7. The van der Waals surface area contributed by atoms with Gasteiger partial charge < -0.3 is 5.11 Å². The summed E-state index contributed by atoms with van der Waals surface area (Å²) in [6.07, 6.45) is 4.40. The molecule has 4 rings (SSSR count). The lowest BCUT2D eigenvalue weighted by molar-refractivity contribution is -0.137. The largest absolute Gasteiger partial charge is 0.481 e. The minimum atomic E-state index is -0.867. The number of aliphatic carboxylic acids is 1. The van der Waals surface area contributed by atoms with Crippen LogP contribution in [-0.2, 0) is 4.79 Å². The Hall–Kier alpha value is -3.01. The van der Waals surface area contributed by atoms with Gasteiger partial charge in [0, 0.05) is 17.1 Å². The van der Waals surface area contributed by atoms with Crippen molar-refractivity contribution in [3.8, 4) is 0 Å². The van der Waals surface area contributed by atoms with E-state index in [1.165, 1.54) is 12.1 Å². The zero-order chi connectivity index (χ0) is 17.4. The molecule has 0 aliphatic heterocycles. The van der Waals surface area contributed by atoms with Crippen LogP contribution in [0.1, 0.15) is 35.4 Å². The number of rotatable bonds is 3. The molecule has 0 saturated carbocycles. The monoisotopic (exact) mass is 333 g/mol. The molecule has 0 spiro atoms. The van der Waals surface area contributed by atoms with Gasteiger partial charge in [-0.3, -0.25) is 9.78 Å². The fourth-order valence-electron chi connectivity index (χ4n) is 3.61. The number of fused-ring (bicyclic) bond motifs is 2. The lowest BCUT2D eigenvalue weighted by Crippen LogP contribution is -2.03. The SMILES string of the molecule is O=C(O)CC1C/C(=C\c2cccc3cccnc23)c2ccc(F)cc21. The van der Waals surface area contributed by atoms with Crippen LogP contribution in [0.25, 0.3) is 22.6 Å². The number of carboxylic acids is 1. The second-order valence-electron chi connectivity index (χ2n) is 6.32. The van der Waals surface area contributed by atoms with Crippen LogP contribution < -0.4 is 0 Å². The minimum absolute atomic E-state index is 0.00157. The average molecular weight is 333 g/mol. The van der Waals surface area contributed by atoms with Gasteiger partial charge >= 0.3 is 5.97 Å². The highest BCUT2D eigenvalue weighted by atomic mass is 19.1. The standard InChI is InChI=1S/C21H16FNO2/c22-17-6-7-18-15(10-16(11-20(24)25)19(18)12-17)9-14-4-1-3-13-5-2-8-23-21(13)14/h1-9,12,16H,10-11H2,(H,24,25)/b15-9+. The van der Waals surface area contributed by atoms with Gasteiger partial charge in [-0.05, 0) is 53.3 Å². The van der Waals surface area contributed by atoms with Crippen LogP contribution in [0.2, 0.25) is 0 Å². The Labute approximate surface area is 144 Å². The molecular formula is C21H16FNO2. The molecule has 4 heteroatoms. The van der Waals surface area contributed by atoms with Crippen molar-refractivity contribution in [2.24, 2.45) is 0 Å². The zero-order valence-electron chi connectivity index (χ0n) is 13.4. The molecule has 1 aliphatic rings. The van der Waals surface area contributed by atoms with Crippen LogP contribution >= 0.6 is 0 Å². The second kappa shape index (κ2) is 6.13. The Kier molecular flexibility index (Phi) is 3.80. The summed E-state index contributed by atoms with van der Waals surface area (Å²) in [6, 6.07) is 14.5. The molecule has 0 saturated heterocycles. The minimum Gasteiger partial charge on any atom is -0.481 e. The van der Waals surface area contributed by atoms with E-state index in [9.17, 15) is 9.18 Å². The topological polar surface area (TPSA) is 50.2 Å². The van der Waals surface area contributed by atoms with Crippen molar-refractivity contribution in [1.29, 1.82) is 0 Å². The quantitative estimate of drug-likeness (QED) is 0.743. The summed E-state index contributed by atoms with van der Waals surface area (Å²) in [5.41, 5.74) is 4.63. The molecule has 3 aromatic rings. The van der Waals surface area contributed by atoms with E-state index >= 15 is 0 Å². The van der Waals surface area contributed by atoms with Crippen molar-refractivity contribution in [1.82, 2.24) is 4.98 Å². The highest BCUT2D eigenvalue weighted by molar-refractivity contribution is 5.95. The van der Waals surface area contributed by atoms with Gasteiger partial charge in [0.25, 0.3) is 0 Å². The number of carbonyl (C=O) groups is 1. The van der Waals surface area contributed by atoms with E-state index in [2.05, 4.69) is 4.98 Å². The first-order valence-electron chi connectivity index (χ1n) is 8.18. The van der Waals surface area contributed by atoms with Crippen molar-refractivity contribution in [2.45, 2.75) is 18.8 Å². The first kappa shape index (κ1) is 15.5. The normalized spacial score (nSPS) is 17.8. The third kappa shape index (κ3) is 2.91. The van der Waals surface area contributed by atoms with Crippen molar-refractivity contribution >= 4 is 28.5 Å². The first-order chi connectivity index (χ1) is 12.1. The maximum Gasteiger partial charge on any atom is 0.303 e. The number of para-hydroxylation sites is 1. The van der Waals surface area contributed by atoms with Gasteiger partial charge in [-0.25, -0.2) is 4.39 Å². The van der Waals surface area contributed by atoms with E-state index in [4.69, 9.17) is 5.11 Å². The highest BCUT2D eigenvalue weighted by Gasteiger charge is 2.28. The third-order valence-corrected chi connectivity index (χ3v) is 4.68. The molecule has 3 nitrogen and oxygen atoms in total. The number of nitrogens with zero attached hydrogens (tertiary/aromatic N) is 1. The zero-order valence-corrected chi connectivity index (χ0v) is 13.4. The van der Waals surface area contributed by atoms with Crippen LogP contribution in [-0.4, -0.2) is 16.1 Å². The smallest absolute Gasteiger partial charge is 0.303 e. The van der Waals surface area contributed by atoms with E-state index in [1.807, 2.05) is 36.4 Å². The number of carboxylic acid groups (broad SMARTS) is 1. The van der Waals surface area contributed by atoms with Gasteiger partial charge in [0.15, 0.2) is 0 Å². The van der Waals surface area contributed by atoms with Gasteiger partial charge in [-0.2, -0.15) is 0 Å². The van der Waals surface area contributed by atoms with Crippen molar-refractivity contribution in [3.05, 3.63) is 77.2 Å². The third-order valence-electron chi connectivity index (χ3n) is 4.68. The van der Waals surface area contributed by atoms with Gasteiger partial charge in [0.2, 0.25) is 0 Å². The molecule has 2 aromatic carbocycles. The Bertz CT molecular complexity index is 1000. The second-order valence-corrected chi connectivity index (χ2v) is 6.32. The van der Waals surface area contributed by atoms with E-state index in [0.29, 0.717) is 6.42 Å². The molecule has 0 radical (unpaired) electrons. The molecule has 1 unspecified atom stereocenters. The summed E-state index contributed by atoms with van der Waals surface area (Å²) in [5.74, 6) is -1.40. The average Bonchev–Trinajstić information content (AvgIpc) is 2.91. The molecule has 25 heavy (non-hydrogen) atoms. The fraction of sp³-hybridized carbons (Fsp3) is 0.143. The van der Waals surface area contributed by atoms with Crippen molar-refractivity contribution < 1.29 is 14.3 Å². The molecular weight excluding hydrogens is 317 g/mol. The fourth-order valence-corrected chi connectivity index (χ4v) is 3.61. The lowest BCUT2D eigenvalue weighted by atomic mass is 9.98. The lowest BCUT2D eigenvalue weighted by Gasteiger charge is -2.07. The molecule has 1 N–H and O–H groups in total. The molecule has 0 amide bonds. The molecule has 1 aliphatic carbocycles. The number of allylic oxidation sites excluding steroid dienone is 1. The number of halogens is 1. The molecule has 1 heterocycles. The van der Waals surface area contributed by atoms with Crippen molar-refractivity contribution in [2.75, 3.05) is 0 Å². The summed E-state index contributed by atoms with van der Waals surface area (Å²) in [4.78, 5) is 15.6. The van der Waals surface area contributed by atoms with E-state index < -0.39 is 5.97 Å². The van der Waals surface area contributed by atoms with E-state index in [-0.39, 0.29) is 18.2 Å². The van der Waals surface area contributed by atoms with Gasteiger partial charge in [0.05, 0.1) is 11.9 Å². The van der Waals surface area contributed by atoms with Crippen LogP contribution in [0.4, 0.5) is 4.39 Å². The predicted molar refractivity (Wildman–Crippen MR) is 95.6 cm³/mol. The number of pyridine rings is 1. The Morgan fingerprint density at radius 3 is 2.92 bits per heavy atom. The Morgan fingerprint density at radius 1 is 1.24 bits per heavy atom. The summed E-state index contributed by atoms with van der Waals surface area (Å²) >= 11 is 0. The Morgan fingerprint density at radius 2 is 2.08 bits per heavy atom. The van der Waals surface area contributed by atoms with E-state index in [0.717, 1.165) is 33.2 Å². The maximum atomic E-state index is 13.7. The molecule has 1 atom stereocenters. The van der Waals surface area contributed by atoms with Crippen molar-refractivity contribution in [3.63, 3.8) is 0 Å². The Balaban J connectivity index is 1.83. The van der Waals surface area contributed by atoms with Gasteiger partial charge in [-0.15, -0.1) is 0 Å². The number of aromatic nitrogens is 1. The summed E-state index contributed by atoms with van der Waals surface area (Å²) in [7, 11) is 0. The van der Waals surface area contributed by atoms with Crippen LogP contribution in [0.15, 0.2) is 54.7 Å². The number of hydrogen-bond donors (Lipinski definition) is 1. The van der Waals surface area contributed by atoms with Gasteiger partial charge in [-0.1, -0.05) is 30.3 Å².